The van der Waals surface area contributed by atoms with Crippen LogP contribution in [0.2, 0.25) is 0 Å². The second-order valence-electron chi connectivity index (χ2n) is 7.22. The fraction of sp³-hybridized carbons (Fsp3) is 0.550. The zero-order valence-electron chi connectivity index (χ0n) is 15.2. The molecule has 2 fully saturated rings. The number of para-hydroxylation sites is 1. The predicted octanol–water partition coefficient (Wildman–Crippen LogP) is 1.23. The maximum atomic E-state index is 13.2. The van der Waals surface area contributed by atoms with E-state index in [4.69, 9.17) is 4.74 Å². The molecule has 1 amide bonds. The lowest BCUT2D eigenvalue weighted by Gasteiger charge is -2.33. The average Bonchev–Trinajstić information content (AvgIpc) is 3.34. The van der Waals surface area contributed by atoms with Gasteiger partial charge in [0.25, 0.3) is 0 Å². The molecule has 26 heavy (non-hydrogen) atoms. The number of H-pyrrole nitrogens is 1. The minimum atomic E-state index is 0.233. The number of amides is 1. The molecule has 2 aliphatic rings. The molecule has 6 heteroatoms. The van der Waals surface area contributed by atoms with Crippen LogP contribution in [0.4, 0.5) is 0 Å². The van der Waals surface area contributed by atoms with E-state index in [1.165, 1.54) is 0 Å². The van der Waals surface area contributed by atoms with Crippen molar-refractivity contribution in [1.82, 2.24) is 20.1 Å². The quantitative estimate of drug-likeness (QED) is 0.817. The minimum absolute atomic E-state index is 0.233. The van der Waals surface area contributed by atoms with Gasteiger partial charge in [0, 0.05) is 55.9 Å². The lowest BCUT2D eigenvalue weighted by atomic mass is 10.1. The molecule has 0 radical (unpaired) electrons. The Bertz CT molecular complexity index is 732. The number of fused-ring (bicyclic) bond motifs is 1. The van der Waals surface area contributed by atoms with E-state index in [2.05, 4.69) is 32.2 Å². The first-order valence-corrected chi connectivity index (χ1v) is 9.66. The van der Waals surface area contributed by atoms with Crippen LogP contribution < -0.4 is 5.32 Å². The third-order valence-corrected chi connectivity index (χ3v) is 5.57. The third kappa shape index (κ3) is 3.92. The normalized spacial score (nSPS) is 21.3. The summed E-state index contributed by atoms with van der Waals surface area (Å²) in [7, 11) is 0. The summed E-state index contributed by atoms with van der Waals surface area (Å²) in [4.78, 5) is 20.9. The van der Waals surface area contributed by atoms with Crippen LogP contribution in [0.15, 0.2) is 30.5 Å². The summed E-state index contributed by atoms with van der Waals surface area (Å²) in [6.07, 6.45) is 3.49. The largest absolute Gasteiger partial charge is 0.379 e. The molecule has 2 aromatic rings. The van der Waals surface area contributed by atoms with Gasteiger partial charge in [-0.25, -0.2) is 0 Å². The number of aromatic amines is 1. The first-order valence-electron chi connectivity index (χ1n) is 9.66. The van der Waals surface area contributed by atoms with Gasteiger partial charge in [-0.3, -0.25) is 9.69 Å². The Kier molecular flexibility index (Phi) is 5.53. The Hall–Kier alpha value is -1.89. The van der Waals surface area contributed by atoms with E-state index in [0.29, 0.717) is 12.5 Å². The topological polar surface area (TPSA) is 60.6 Å². The molecule has 0 aliphatic carbocycles. The summed E-state index contributed by atoms with van der Waals surface area (Å²) in [5.74, 6) is 0.233. The smallest absolute Gasteiger partial charge is 0.227 e. The maximum absolute atomic E-state index is 13.2. The van der Waals surface area contributed by atoms with Gasteiger partial charge in [0.15, 0.2) is 0 Å². The van der Waals surface area contributed by atoms with E-state index in [1.54, 1.807) is 0 Å². The van der Waals surface area contributed by atoms with Crippen LogP contribution >= 0.6 is 0 Å². The van der Waals surface area contributed by atoms with Gasteiger partial charge in [0.2, 0.25) is 5.91 Å². The number of rotatable bonds is 6. The number of nitrogens with zero attached hydrogens (tertiary/aromatic N) is 2. The number of morpholine rings is 1. The molecule has 0 spiro atoms. The zero-order chi connectivity index (χ0) is 17.8. The standard InChI is InChI=1S/C20H28N4O2/c25-20(13-16-14-22-19-4-2-1-3-18(16)19)24(17-5-6-21-15-17)8-7-23-9-11-26-12-10-23/h1-4,14,17,21-22H,5-13,15H2. The van der Waals surface area contributed by atoms with Crippen LogP contribution in [-0.2, 0) is 16.0 Å². The van der Waals surface area contributed by atoms with Crippen LogP contribution in [0.1, 0.15) is 12.0 Å². The highest BCUT2D eigenvalue weighted by molar-refractivity contribution is 5.89. The van der Waals surface area contributed by atoms with Gasteiger partial charge in [0.05, 0.1) is 19.6 Å². The second kappa shape index (κ2) is 8.20. The number of benzene rings is 1. The summed E-state index contributed by atoms with van der Waals surface area (Å²) in [5.41, 5.74) is 2.19. The molecule has 2 saturated heterocycles. The molecule has 2 N–H and O–H groups in total. The Morgan fingerprint density at radius 2 is 2.12 bits per heavy atom. The summed E-state index contributed by atoms with van der Waals surface area (Å²) in [5, 5.41) is 4.55. The number of nitrogens with one attached hydrogen (secondary N) is 2. The third-order valence-electron chi connectivity index (χ3n) is 5.57. The zero-order valence-corrected chi connectivity index (χ0v) is 15.2. The molecule has 1 atom stereocenters. The molecule has 1 aromatic carbocycles. The molecule has 2 aliphatic heterocycles. The van der Waals surface area contributed by atoms with Crippen molar-refractivity contribution in [1.29, 1.82) is 0 Å². The number of hydrogen-bond donors (Lipinski definition) is 2. The molecule has 3 heterocycles. The summed E-state index contributed by atoms with van der Waals surface area (Å²) < 4.78 is 5.43. The second-order valence-corrected chi connectivity index (χ2v) is 7.22. The highest BCUT2D eigenvalue weighted by Gasteiger charge is 2.27. The molecule has 140 valence electrons. The minimum Gasteiger partial charge on any atom is -0.379 e. The molecule has 0 saturated carbocycles. The Labute approximate surface area is 154 Å². The van der Waals surface area contributed by atoms with Crippen LogP contribution in [0.3, 0.4) is 0 Å². The van der Waals surface area contributed by atoms with Crippen LogP contribution in [0.5, 0.6) is 0 Å². The van der Waals surface area contributed by atoms with Crippen LogP contribution in [-0.4, -0.2) is 79.2 Å². The van der Waals surface area contributed by atoms with Gasteiger partial charge in [0.1, 0.15) is 0 Å². The maximum Gasteiger partial charge on any atom is 0.227 e. The van der Waals surface area contributed by atoms with Crippen LogP contribution in [0.25, 0.3) is 10.9 Å². The summed E-state index contributed by atoms with van der Waals surface area (Å²) in [6, 6.07) is 8.50. The highest BCUT2D eigenvalue weighted by Crippen LogP contribution is 2.20. The summed E-state index contributed by atoms with van der Waals surface area (Å²) in [6.45, 7) is 7.16. The molecule has 4 rings (SSSR count). The number of ether oxygens (including phenoxy) is 1. The fourth-order valence-electron chi connectivity index (χ4n) is 4.03. The van der Waals surface area contributed by atoms with E-state index in [1.807, 2.05) is 18.3 Å². The lowest BCUT2D eigenvalue weighted by Crippen LogP contribution is -2.48. The van der Waals surface area contributed by atoms with E-state index in [-0.39, 0.29) is 5.91 Å². The van der Waals surface area contributed by atoms with E-state index >= 15 is 0 Å². The molecular formula is C20H28N4O2. The van der Waals surface area contributed by atoms with Crippen molar-refractivity contribution >= 4 is 16.8 Å². The summed E-state index contributed by atoms with van der Waals surface area (Å²) >= 11 is 0. The Balaban J connectivity index is 1.44. The Morgan fingerprint density at radius 3 is 2.92 bits per heavy atom. The Morgan fingerprint density at radius 1 is 1.27 bits per heavy atom. The van der Waals surface area contributed by atoms with Gasteiger partial charge in [-0.15, -0.1) is 0 Å². The van der Waals surface area contributed by atoms with Crippen molar-refractivity contribution in [2.45, 2.75) is 18.9 Å². The van der Waals surface area contributed by atoms with Crippen LogP contribution in [0, 0.1) is 0 Å². The van der Waals surface area contributed by atoms with Crippen molar-refractivity contribution in [3.05, 3.63) is 36.0 Å². The van der Waals surface area contributed by atoms with Crippen molar-refractivity contribution in [3.8, 4) is 0 Å². The number of carbonyl (C=O) groups excluding carboxylic acids is 1. The average molecular weight is 356 g/mol. The molecule has 0 bridgehead atoms. The number of aromatic nitrogens is 1. The van der Waals surface area contributed by atoms with Crippen molar-refractivity contribution in [2.24, 2.45) is 0 Å². The van der Waals surface area contributed by atoms with E-state index in [0.717, 1.165) is 75.4 Å². The SMILES string of the molecule is O=C(Cc1c[nH]c2ccccc12)N(CCN1CCOCC1)C1CCNC1. The molecule has 1 aromatic heterocycles. The monoisotopic (exact) mass is 356 g/mol. The van der Waals surface area contributed by atoms with Crippen molar-refractivity contribution in [2.75, 3.05) is 52.5 Å². The lowest BCUT2D eigenvalue weighted by molar-refractivity contribution is -0.132. The fourth-order valence-corrected chi connectivity index (χ4v) is 4.03. The van der Waals surface area contributed by atoms with Crippen molar-refractivity contribution in [3.63, 3.8) is 0 Å². The molecule has 1 unspecified atom stereocenters. The van der Waals surface area contributed by atoms with Crippen molar-refractivity contribution < 1.29 is 9.53 Å². The number of carbonyl (C=O) groups is 1. The molecule has 6 nitrogen and oxygen atoms in total. The highest BCUT2D eigenvalue weighted by atomic mass is 16.5. The predicted molar refractivity (Wildman–Crippen MR) is 102 cm³/mol. The number of hydrogen-bond acceptors (Lipinski definition) is 4. The van der Waals surface area contributed by atoms with E-state index < -0.39 is 0 Å². The first-order chi connectivity index (χ1) is 12.8. The van der Waals surface area contributed by atoms with Gasteiger partial charge in [-0.1, -0.05) is 18.2 Å². The van der Waals surface area contributed by atoms with E-state index in [9.17, 15) is 4.79 Å². The van der Waals surface area contributed by atoms with Gasteiger partial charge < -0.3 is 19.9 Å². The first kappa shape index (κ1) is 17.5. The van der Waals surface area contributed by atoms with Gasteiger partial charge in [-0.2, -0.15) is 0 Å². The van der Waals surface area contributed by atoms with Gasteiger partial charge in [-0.05, 0) is 24.6 Å². The molecular weight excluding hydrogens is 328 g/mol. The van der Waals surface area contributed by atoms with Gasteiger partial charge >= 0.3 is 0 Å².